The van der Waals surface area contributed by atoms with Gasteiger partial charge in [0.25, 0.3) is 0 Å². The van der Waals surface area contributed by atoms with Crippen LogP contribution in [-0.2, 0) is 6.42 Å². The van der Waals surface area contributed by atoms with Gasteiger partial charge < -0.3 is 10.3 Å². The lowest BCUT2D eigenvalue weighted by Crippen LogP contribution is -2.10. The summed E-state index contributed by atoms with van der Waals surface area (Å²) >= 11 is 0. The van der Waals surface area contributed by atoms with Crippen molar-refractivity contribution < 1.29 is 0 Å². The maximum atomic E-state index is 3.48. The van der Waals surface area contributed by atoms with Gasteiger partial charge in [0.05, 0.1) is 5.69 Å². The molecule has 2 heterocycles. The predicted octanol–water partition coefficient (Wildman–Crippen LogP) is 2.83. The molecule has 0 saturated heterocycles. The Morgan fingerprint density at radius 2 is 2.21 bits per heavy atom. The Hall–Kier alpha value is -1.44. The van der Waals surface area contributed by atoms with Crippen LogP contribution >= 0.6 is 0 Å². The summed E-state index contributed by atoms with van der Waals surface area (Å²) in [5.74, 6) is 0. The molecule has 0 bridgehead atoms. The summed E-state index contributed by atoms with van der Waals surface area (Å²) < 4.78 is 0. The molecular formula is C12H14N2. The van der Waals surface area contributed by atoms with Crippen LogP contribution in [0.5, 0.6) is 0 Å². The van der Waals surface area contributed by atoms with E-state index in [1.807, 2.05) is 0 Å². The number of hydrogen-bond acceptors (Lipinski definition) is 1. The van der Waals surface area contributed by atoms with Crippen LogP contribution in [0.15, 0.2) is 18.2 Å². The predicted molar refractivity (Wildman–Crippen MR) is 59.8 cm³/mol. The lowest BCUT2D eigenvalue weighted by molar-refractivity contribution is 0.814. The van der Waals surface area contributed by atoms with Gasteiger partial charge in [0.15, 0.2) is 0 Å². The van der Waals surface area contributed by atoms with Crippen LogP contribution in [0.4, 0.5) is 5.69 Å². The molecule has 0 amide bonds. The van der Waals surface area contributed by atoms with E-state index >= 15 is 0 Å². The first-order valence-electron chi connectivity index (χ1n) is 5.20. The van der Waals surface area contributed by atoms with E-state index in [9.17, 15) is 0 Å². The number of hydrogen-bond donors (Lipinski definition) is 2. The number of anilines is 1. The second kappa shape index (κ2) is 2.77. The topological polar surface area (TPSA) is 27.8 Å². The zero-order chi connectivity index (χ0) is 9.54. The van der Waals surface area contributed by atoms with Crippen LogP contribution in [0, 0.1) is 6.92 Å². The van der Waals surface area contributed by atoms with Crippen LogP contribution in [0.2, 0.25) is 0 Å². The van der Waals surface area contributed by atoms with Crippen LogP contribution in [0.1, 0.15) is 17.7 Å². The molecule has 0 fully saturated rings. The highest BCUT2D eigenvalue weighted by atomic mass is 14.9. The molecule has 0 atom stereocenters. The Kier molecular flexibility index (Phi) is 1.57. The highest BCUT2D eigenvalue weighted by Crippen LogP contribution is 2.31. The van der Waals surface area contributed by atoms with Crippen molar-refractivity contribution in [3.05, 3.63) is 29.5 Å². The summed E-state index contributed by atoms with van der Waals surface area (Å²) in [6.45, 7) is 3.25. The Balaban J connectivity index is 2.32. The molecule has 0 saturated carbocycles. The Morgan fingerprint density at radius 3 is 3.14 bits per heavy atom. The highest BCUT2D eigenvalue weighted by molar-refractivity contribution is 5.95. The number of rotatable bonds is 0. The monoisotopic (exact) mass is 186 g/mol. The molecule has 1 aromatic carbocycles. The molecule has 2 N–H and O–H groups in total. The summed E-state index contributed by atoms with van der Waals surface area (Å²) in [4.78, 5) is 3.48. The maximum absolute atomic E-state index is 3.48. The van der Waals surface area contributed by atoms with E-state index in [2.05, 4.69) is 35.4 Å². The van der Waals surface area contributed by atoms with Gasteiger partial charge in [0, 0.05) is 23.1 Å². The van der Waals surface area contributed by atoms with Gasteiger partial charge in [0.2, 0.25) is 0 Å². The highest BCUT2D eigenvalue weighted by Gasteiger charge is 2.14. The van der Waals surface area contributed by atoms with Gasteiger partial charge in [-0.05, 0) is 31.9 Å². The molecule has 0 spiro atoms. The average molecular weight is 186 g/mol. The van der Waals surface area contributed by atoms with E-state index in [0.29, 0.717) is 0 Å². The minimum Gasteiger partial charge on any atom is -0.383 e. The number of nitrogens with one attached hydrogen (secondary N) is 2. The molecular weight excluding hydrogens is 172 g/mol. The van der Waals surface area contributed by atoms with Crippen molar-refractivity contribution in [1.82, 2.24) is 4.98 Å². The van der Waals surface area contributed by atoms with Gasteiger partial charge in [-0.3, -0.25) is 0 Å². The minimum atomic E-state index is 1.11. The smallest absolute Gasteiger partial charge is 0.0631 e. The summed E-state index contributed by atoms with van der Waals surface area (Å²) in [6, 6.07) is 6.58. The molecule has 14 heavy (non-hydrogen) atoms. The third kappa shape index (κ3) is 1.03. The lowest BCUT2D eigenvalue weighted by Gasteiger charge is -2.13. The quantitative estimate of drug-likeness (QED) is 0.650. The van der Waals surface area contributed by atoms with E-state index < -0.39 is 0 Å². The molecule has 2 heteroatoms. The Morgan fingerprint density at radius 1 is 1.29 bits per heavy atom. The fourth-order valence-electron chi connectivity index (χ4n) is 2.23. The minimum absolute atomic E-state index is 1.11. The fraction of sp³-hybridized carbons (Fsp3) is 0.333. The van der Waals surface area contributed by atoms with E-state index in [-0.39, 0.29) is 0 Å². The first-order valence-corrected chi connectivity index (χ1v) is 5.20. The van der Waals surface area contributed by atoms with Crippen LogP contribution in [0.3, 0.4) is 0 Å². The molecule has 0 aliphatic carbocycles. The second-order valence-corrected chi connectivity index (χ2v) is 4.06. The second-order valence-electron chi connectivity index (χ2n) is 4.06. The van der Waals surface area contributed by atoms with Gasteiger partial charge in [-0.1, -0.05) is 11.6 Å². The summed E-state index contributed by atoms with van der Waals surface area (Å²) in [5.41, 5.74) is 5.29. The van der Waals surface area contributed by atoms with E-state index in [1.165, 1.54) is 40.7 Å². The molecule has 2 nitrogen and oxygen atoms in total. The number of H-pyrrole nitrogens is 1. The number of fused-ring (bicyclic) bond motifs is 3. The number of aryl methyl sites for hydroxylation is 2. The molecule has 3 rings (SSSR count). The molecule has 0 radical (unpaired) electrons. The average Bonchev–Trinajstić information content (AvgIpc) is 2.56. The SMILES string of the molecule is Cc1ccc2[nH]c3c(c2c1)NCCC3. The number of aromatic nitrogens is 1. The first kappa shape index (κ1) is 7.92. The van der Waals surface area contributed by atoms with Crippen LogP contribution < -0.4 is 5.32 Å². The molecule has 1 aliphatic heterocycles. The fourth-order valence-corrected chi connectivity index (χ4v) is 2.23. The maximum Gasteiger partial charge on any atom is 0.0631 e. The van der Waals surface area contributed by atoms with Crippen molar-refractivity contribution in [2.75, 3.05) is 11.9 Å². The van der Waals surface area contributed by atoms with Crippen molar-refractivity contribution >= 4 is 16.6 Å². The summed E-state index contributed by atoms with van der Waals surface area (Å²) in [6.07, 6.45) is 2.41. The van der Waals surface area contributed by atoms with E-state index in [0.717, 1.165) is 6.54 Å². The lowest BCUT2D eigenvalue weighted by atomic mass is 10.1. The molecule has 72 valence electrons. The third-order valence-corrected chi connectivity index (χ3v) is 2.94. The molecule has 2 aromatic rings. The van der Waals surface area contributed by atoms with Gasteiger partial charge in [-0.15, -0.1) is 0 Å². The van der Waals surface area contributed by atoms with Gasteiger partial charge in [-0.2, -0.15) is 0 Å². The van der Waals surface area contributed by atoms with E-state index in [4.69, 9.17) is 0 Å². The van der Waals surface area contributed by atoms with Crippen LogP contribution in [0.25, 0.3) is 10.9 Å². The largest absolute Gasteiger partial charge is 0.383 e. The Bertz CT molecular complexity index is 482. The normalized spacial score (nSPS) is 15.2. The zero-order valence-electron chi connectivity index (χ0n) is 8.35. The molecule has 0 unspecified atom stereocenters. The summed E-state index contributed by atoms with van der Waals surface area (Å²) in [7, 11) is 0. The Labute approximate surface area is 83.3 Å². The summed E-state index contributed by atoms with van der Waals surface area (Å²) in [5, 5.41) is 4.83. The van der Waals surface area contributed by atoms with Crippen molar-refractivity contribution in [2.24, 2.45) is 0 Å². The van der Waals surface area contributed by atoms with E-state index in [1.54, 1.807) is 0 Å². The van der Waals surface area contributed by atoms with Gasteiger partial charge in [0.1, 0.15) is 0 Å². The third-order valence-electron chi connectivity index (χ3n) is 2.94. The van der Waals surface area contributed by atoms with Gasteiger partial charge in [-0.25, -0.2) is 0 Å². The van der Waals surface area contributed by atoms with Crippen molar-refractivity contribution in [3.63, 3.8) is 0 Å². The molecule has 1 aliphatic rings. The number of benzene rings is 1. The standard InChI is InChI=1S/C12H14N2/c1-8-4-5-10-9(7-8)12-11(14-10)3-2-6-13-12/h4-5,7,13-14H,2-3,6H2,1H3. The van der Waals surface area contributed by atoms with Crippen LogP contribution in [-0.4, -0.2) is 11.5 Å². The van der Waals surface area contributed by atoms with Crippen molar-refractivity contribution in [1.29, 1.82) is 0 Å². The van der Waals surface area contributed by atoms with Gasteiger partial charge >= 0.3 is 0 Å². The zero-order valence-corrected chi connectivity index (χ0v) is 8.35. The van der Waals surface area contributed by atoms with Crippen molar-refractivity contribution in [2.45, 2.75) is 19.8 Å². The van der Waals surface area contributed by atoms with Crippen molar-refractivity contribution in [3.8, 4) is 0 Å². The molecule has 1 aromatic heterocycles. The first-order chi connectivity index (χ1) is 6.84. The number of aromatic amines is 1.